The number of H-pyrrole nitrogens is 1. The number of amides is 1. The monoisotopic (exact) mass is 320 g/mol. The average Bonchev–Trinajstić information content (AvgIpc) is 2.52. The summed E-state index contributed by atoms with van der Waals surface area (Å²) in [5.74, 6) is -2.32. The van der Waals surface area contributed by atoms with Crippen molar-refractivity contribution in [3.8, 4) is 0 Å². The number of carbonyl (C=O) groups excluding carboxylic acids is 1. The van der Waals surface area contributed by atoms with E-state index in [9.17, 15) is 23.9 Å². The Hall–Kier alpha value is -2.74. The molecule has 1 saturated heterocycles. The molecule has 1 amide bonds. The number of ether oxygens (including phenoxy) is 1. The summed E-state index contributed by atoms with van der Waals surface area (Å²) in [7, 11) is 0. The fourth-order valence-electron chi connectivity index (χ4n) is 2.62. The molecule has 23 heavy (non-hydrogen) atoms. The van der Waals surface area contributed by atoms with E-state index < -0.39 is 29.3 Å². The summed E-state index contributed by atoms with van der Waals surface area (Å²) in [5, 5.41) is 9.57. The topological polar surface area (TPSA) is 99.7 Å². The molecular formula is C15H13FN2O5. The Morgan fingerprint density at radius 1 is 1.35 bits per heavy atom. The number of morpholine rings is 1. The lowest BCUT2D eigenvalue weighted by Gasteiger charge is -2.33. The van der Waals surface area contributed by atoms with Crippen LogP contribution in [0.4, 0.5) is 4.39 Å². The van der Waals surface area contributed by atoms with Crippen molar-refractivity contribution < 1.29 is 23.8 Å². The van der Waals surface area contributed by atoms with Gasteiger partial charge in [-0.1, -0.05) is 0 Å². The van der Waals surface area contributed by atoms with E-state index in [1.807, 2.05) is 0 Å². The highest BCUT2D eigenvalue weighted by Gasteiger charge is 2.34. The molecule has 7 nitrogen and oxygen atoms in total. The van der Waals surface area contributed by atoms with Crippen molar-refractivity contribution in [2.24, 2.45) is 0 Å². The van der Waals surface area contributed by atoms with Gasteiger partial charge in [-0.3, -0.25) is 9.59 Å². The number of nitrogens with zero attached hydrogens (tertiary/aromatic N) is 1. The second-order valence-corrected chi connectivity index (χ2v) is 5.16. The highest BCUT2D eigenvalue weighted by molar-refractivity contribution is 6.07. The van der Waals surface area contributed by atoms with Crippen LogP contribution in [0.25, 0.3) is 10.9 Å². The van der Waals surface area contributed by atoms with Gasteiger partial charge < -0.3 is 19.7 Å². The van der Waals surface area contributed by atoms with Crippen molar-refractivity contribution in [2.45, 2.75) is 6.04 Å². The van der Waals surface area contributed by atoms with E-state index in [1.165, 1.54) is 12.1 Å². The number of aromatic amines is 1. The molecule has 2 N–H and O–H groups in total. The molecule has 2 heterocycles. The number of carboxylic acids is 1. The number of rotatable bonds is 2. The quantitative estimate of drug-likeness (QED) is 0.844. The van der Waals surface area contributed by atoms with Gasteiger partial charge in [0.25, 0.3) is 5.91 Å². The first kappa shape index (κ1) is 15.2. The van der Waals surface area contributed by atoms with Gasteiger partial charge in [-0.2, -0.15) is 0 Å². The lowest BCUT2D eigenvalue weighted by atomic mass is 10.1. The van der Waals surface area contributed by atoms with Crippen molar-refractivity contribution in [1.29, 1.82) is 0 Å². The molecule has 0 saturated carbocycles. The van der Waals surface area contributed by atoms with Crippen molar-refractivity contribution in [3.63, 3.8) is 0 Å². The van der Waals surface area contributed by atoms with E-state index in [0.717, 1.165) is 17.0 Å². The number of hydrogen-bond acceptors (Lipinski definition) is 4. The van der Waals surface area contributed by atoms with Gasteiger partial charge in [-0.15, -0.1) is 0 Å². The maximum absolute atomic E-state index is 13.3. The Labute approximate surface area is 129 Å². The molecule has 0 aliphatic carbocycles. The van der Waals surface area contributed by atoms with Crippen LogP contribution in [0.15, 0.2) is 29.1 Å². The first-order valence-electron chi connectivity index (χ1n) is 6.91. The number of hydrogen-bond donors (Lipinski definition) is 2. The molecule has 120 valence electrons. The van der Waals surface area contributed by atoms with Crippen LogP contribution in [-0.4, -0.2) is 52.7 Å². The summed E-state index contributed by atoms with van der Waals surface area (Å²) < 4.78 is 18.4. The van der Waals surface area contributed by atoms with Gasteiger partial charge >= 0.3 is 5.97 Å². The molecule has 8 heteroatoms. The minimum atomic E-state index is -1.18. The SMILES string of the molecule is O=C(O)[C@H]1COCCN1C(=O)c1cc(=O)[nH]c2cc(F)ccc12. The van der Waals surface area contributed by atoms with Gasteiger partial charge in [0.05, 0.1) is 24.3 Å². The number of carbonyl (C=O) groups is 2. The third kappa shape index (κ3) is 2.80. The van der Waals surface area contributed by atoms with E-state index in [-0.39, 0.29) is 30.8 Å². The Kier molecular flexibility index (Phi) is 3.83. The van der Waals surface area contributed by atoms with Crippen molar-refractivity contribution in [1.82, 2.24) is 9.88 Å². The minimum absolute atomic E-state index is 0.0388. The van der Waals surface area contributed by atoms with Crippen LogP contribution in [0.5, 0.6) is 0 Å². The Morgan fingerprint density at radius 2 is 2.13 bits per heavy atom. The molecular weight excluding hydrogens is 307 g/mol. The zero-order valence-corrected chi connectivity index (χ0v) is 11.9. The lowest BCUT2D eigenvalue weighted by Crippen LogP contribution is -2.52. The highest BCUT2D eigenvalue weighted by atomic mass is 19.1. The van der Waals surface area contributed by atoms with E-state index in [1.54, 1.807) is 0 Å². The van der Waals surface area contributed by atoms with Gasteiger partial charge in [-0.05, 0) is 18.2 Å². The number of pyridine rings is 1. The second-order valence-electron chi connectivity index (χ2n) is 5.16. The number of nitrogens with one attached hydrogen (secondary N) is 1. The third-order valence-electron chi connectivity index (χ3n) is 3.71. The van der Waals surface area contributed by atoms with Crippen LogP contribution in [0, 0.1) is 5.82 Å². The molecule has 2 aromatic rings. The van der Waals surface area contributed by atoms with Crippen LogP contribution in [0.3, 0.4) is 0 Å². The zero-order chi connectivity index (χ0) is 16.6. The van der Waals surface area contributed by atoms with E-state index in [0.29, 0.717) is 5.39 Å². The maximum atomic E-state index is 13.3. The molecule has 0 radical (unpaired) electrons. The molecule has 0 unspecified atom stereocenters. The Bertz CT molecular complexity index is 847. The average molecular weight is 320 g/mol. The summed E-state index contributed by atoms with van der Waals surface area (Å²) in [6.45, 7) is 0.202. The van der Waals surface area contributed by atoms with Crippen LogP contribution >= 0.6 is 0 Å². The summed E-state index contributed by atoms with van der Waals surface area (Å²) >= 11 is 0. The van der Waals surface area contributed by atoms with Gasteiger partial charge in [0.1, 0.15) is 5.82 Å². The smallest absolute Gasteiger partial charge is 0.328 e. The number of benzene rings is 1. The molecule has 1 aliphatic rings. The number of fused-ring (bicyclic) bond motifs is 1. The van der Waals surface area contributed by atoms with Crippen molar-refractivity contribution >= 4 is 22.8 Å². The maximum Gasteiger partial charge on any atom is 0.328 e. The number of aliphatic carboxylic acids is 1. The lowest BCUT2D eigenvalue weighted by molar-refractivity contribution is -0.147. The largest absolute Gasteiger partial charge is 0.480 e. The van der Waals surface area contributed by atoms with E-state index >= 15 is 0 Å². The normalized spacial score (nSPS) is 18.1. The molecule has 1 aromatic carbocycles. The first-order valence-corrected chi connectivity index (χ1v) is 6.91. The second kappa shape index (κ2) is 5.81. The van der Waals surface area contributed by atoms with Gasteiger partial charge in [0.2, 0.25) is 5.56 Å². The van der Waals surface area contributed by atoms with Gasteiger partial charge in [0, 0.05) is 18.0 Å². The molecule has 0 bridgehead atoms. The van der Waals surface area contributed by atoms with Gasteiger partial charge in [0.15, 0.2) is 6.04 Å². The predicted octanol–water partition coefficient (Wildman–Crippen LogP) is 0.593. The fraction of sp³-hybridized carbons (Fsp3) is 0.267. The van der Waals surface area contributed by atoms with Crippen LogP contribution in [0.2, 0.25) is 0 Å². The van der Waals surface area contributed by atoms with Gasteiger partial charge in [-0.25, -0.2) is 9.18 Å². The van der Waals surface area contributed by atoms with Crippen LogP contribution in [0.1, 0.15) is 10.4 Å². The first-order chi connectivity index (χ1) is 11.0. The highest BCUT2D eigenvalue weighted by Crippen LogP contribution is 2.20. The number of carboxylic acid groups (broad SMARTS) is 1. The molecule has 1 fully saturated rings. The summed E-state index contributed by atoms with van der Waals surface area (Å²) in [5.41, 5.74) is -0.343. The molecule has 3 rings (SSSR count). The molecule has 1 aliphatic heterocycles. The third-order valence-corrected chi connectivity index (χ3v) is 3.71. The minimum Gasteiger partial charge on any atom is -0.480 e. The standard InChI is InChI=1S/C15H13FN2O5/c16-8-1-2-9-10(6-13(19)17-11(9)5-8)14(20)18-3-4-23-7-12(18)15(21)22/h1-2,5-6,12H,3-4,7H2,(H,17,19)(H,21,22)/t12-/m1/s1. The predicted molar refractivity (Wildman–Crippen MR) is 77.8 cm³/mol. The number of halogens is 1. The van der Waals surface area contributed by atoms with E-state index in [4.69, 9.17) is 4.74 Å². The molecule has 0 spiro atoms. The Morgan fingerprint density at radius 3 is 2.87 bits per heavy atom. The van der Waals surface area contributed by atoms with Crippen molar-refractivity contribution in [3.05, 3.63) is 46.0 Å². The molecule has 1 atom stereocenters. The number of aromatic nitrogens is 1. The Balaban J connectivity index is 2.10. The van der Waals surface area contributed by atoms with Crippen LogP contribution in [-0.2, 0) is 9.53 Å². The summed E-state index contributed by atoms with van der Waals surface area (Å²) in [6.07, 6.45) is 0. The van der Waals surface area contributed by atoms with E-state index in [2.05, 4.69) is 4.98 Å². The summed E-state index contributed by atoms with van der Waals surface area (Å²) in [6, 6.07) is 3.64. The fourth-order valence-corrected chi connectivity index (χ4v) is 2.62. The van der Waals surface area contributed by atoms with Crippen LogP contribution < -0.4 is 5.56 Å². The summed E-state index contributed by atoms with van der Waals surface area (Å²) in [4.78, 5) is 39.4. The molecule has 1 aromatic heterocycles. The van der Waals surface area contributed by atoms with Crippen molar-refractivity contribution in [2.75, 3.05) is 19.8 Å². The zero-order valence-electron chi connectivity index (χ0n) is 11.9.